The number of amides is 2. The van der Waals surface area contributed by atoms with Crippen LogP contribution in [0.4, 0.5) is 4.79 Å². The predicted molar refractivity (Wildman–Crippen MR) is 142 cm³/mol. The van der Waals surface area contributed by atoms with Crippen molar-refractivity contribution >= 4 is 18.0 Å². The highest BCUT2D eigenvalue weighted by Gasteiger charge is 2.45. The molecular formula is C27H46N6O4. The molecule has 0 aromatic heterocycles. The van der Waals surface area contributed by atoms with Gasteiger partial charge in [-0.1, -0.05) is 27.2 Å². The number of piperidine rings is 1. The van der Waals surface area contributed by atoms with Crippen LogP contribution in [0.2, 0.25) is 0 Å². The zero-order chi connectivity index (χ0) is 26.9. The zero-order valence-corrected chi connectivity index (χ0v) is 23.2. The van der Waals surface area contributed by atoms with Crippen LogP contribution in [0.5, 0.6) is 0 Å². The van der Waals surface area contributed by atoms with Crippen molar-refractivity contribution in [1.29, 1.82) is 5.26 Å². The molecular weight excluding hydrogens is 472 g/mol. The second kappa shape index (κ2) is 13.4. The lowest BCUT2D eigenvalue weighted by Gasteiger charge is -2.31. The Kier molecular flexibility index (Phi) is 10.6. The molecule has 0 bridgehead atoms. The largest absolute Gasteiger partial charge is 0.449 e. The van der Waals surface area contributed by atoms with Gasteiger partial charge in [0.05, 0.1) is 25.9 Å². The van der Waals surface area contributed by atoms with E-state index in [0.717, 1.165) is 45.2 Å². The van der Waals surface area contributed by atoms with Crippen molar-refractivity contribution in [3.63, 3.8) is 0 Å². The Balaban J connectivity index is 1.68. The van der Waals surface area contributed by atoms with Crippen LogP contribution in [0, 0.1) is 22.7 Å². The number of hydrogen-bond acceptors (Lipinski definition) is 7. The average molecular weight is 519 g/mol. The van der Waals surface area contributed by atoms with Crippen LogP contribution in [-0.4, -0.2) is 92.4 Å². The van der Waals surface area contributed by atoms with Crippen molar-refractivity contribution in [2.24, 2.45) is 16.3 Å². The predicted octanol–water partition coefficient (Wildman–Crippen LogP) is 2.89. The quantitative estimate of drug-likeness (QED) is 0.337. The first-order chi connectivity index (χ1) is 17.6. The van der Waals surface area contributed by atoms with E-state index < -0.39 is 17.7 Å². The van der Waals surface area contributed by atoms with Crippen molar-refractivity contribution in [3.05, 3.63) is 0 Å². The molecule has 3 aliphatic rings. The van der Waals surface area contributed by atoms with Gasteiger partial charge in [-0.3, -0.25) is 10.1 Å². The lowest BCUT2D eigenvalue weighted by atomic mass is 9.84. The minimum absolute atomic E-state index is 0.0555. The average Bonchev–Trinajstić information content (AvgIpc) is 3.67. The molecule has 2 N–H and O–H groups in total. The maximum absolute atomic E-state index is 13.3. The summed E-state index contributed by atoms with van der Waals surface area (Å²) >= 11 is 0. The molecule has 3 rings (SSSR count). The maximum atomic E-state index is 13.3. The number of rotatable bonds is 10. The zero-order valence-electron chi connectivity index (χ0n) is 23.2. The number of morpholine rings is 1. The molecule has 2 aliphatic heterocycles. The van der Waals surface area contributed by atoms with Crippen LogP contribution in [-0.2, 0) is 14.3 Å². The third kappa shape index (κ3) is 9.46. The molecule has 2 amide bonds. The van der Waals surface area contributed by atoms with Gasteiger partial charge in [0, 0.05) is 13.1 Å². The van der Waals surface area contributed by atoms with Gasteiger partial charge >= 0.3 is 6.09 Å². The van der Waals surface area contributed by atoms with Crippen LogP contribution in [0.3, 0.4) is 0 Å². The minimum Gasteiger partial charge on any atom is -0.449 e. The van der Waals surface area contributed by atoms with Crippen LogP contribution in [0.15, 0.2) is 4.99 Å². The van der Waals surface area contributed by atoms with E-state index in [9.17, 15) is 14.9 Å². The number of aliphatic imine (C=N–C) groups is 1. The molecule has 1 atom stereocenters. The number of hydrogen-bond donors (Lipinski definition) is 2. The Morgan fingerprint density at radius 3 is 2.49 bits per heavy atom. The number of alkyl carbamates (subject to hydrolysis) is 1. The molecule has 0 unspecified atom stereocenters. The number of likely N-dealkylation sites (tertiary alicyclic amines) is 1. The number of carbonyl (C=O) groups excluding carboxylic acids is 2. The molecule has 10 heteroatoms. The lowest BCUT2D eigenvalue weighted by Crippen LogP contribution is -2.51. The van der Waals surface area contributed by atoms with Gasteiger partial charge < -0.3 is 24.6 Å². The number of guanidine groups is 1. The van der Waals surface area contributed by atoms with E-state index in [0.29, 0.717) is 64.1 Å². The maximum Gasteiger partial charge on any atom is 0.413 e. The van der Waals surface area contributed by atoms with Gasteiger partial charge in [-0.05, 0) is 76.4 Å². The SMILES string of the molecule is CCC(C)(C)CC[C@H](N=C(NC(=O)OCCC1CCN(C)CC1)N1CCOCC1)C(=O)NC1(C#N)CC1. The summed E-state index contributed by atoms with van der Waals surface area (Å²) in [6, 6.07) is 1.51. The third-order valence-electron chi connectivity index (χ3n) is 8.08. The Morgan fingerprint density at radius 2 is 1.89 bits per heavy atom. The van der Waals surface area contributed by atoms with Crippen LogP contribution < -0.4 is 10.6 Å². The fourth-order valence-corrected chi connectivity index (χ4v) is 4.58. The smallest absolute Gasteiger partial charge is 0.413 e. The molecule has 0 spiro atoms. The first kappa shape index (κ1) is 29.2. The third-order valence-corrected chi connectivity index (χ3v) is 8.08. The van der Waals surface area contributed by atoms with E-state index in [2.05, 4.69) is 49.4 Å². The van der Waals surface area contributed by atoms with Gasteiger partial charge in [0.25, 0.3) is 0 Å². The molecule has 1 aliphatic carbocycles. The highest BCUT2D eigenvalue weighted by molar-refractivity contribution is 5.96. The van der Waals surface area contributed by atoms with Gasteiger partial charge in [0.2, 0.25) is 11.9 Å². The van der Waals surface area contributed by atoms with E-state index in [1.54, 1.807) is 0 Å². The summed E-state index contributed by atoms with van der Waals surface area (Å²) in [5.74, 6) is 0.638. The lowest BCUT2D eigenvalue weighted by molar-refractivity contribution is -0.123. The summed E-state index contributed by atoms with van der Waals surface area (Å²) in [4.78, 5) is 35.1. The first-order valence-electron chi connectivity index (χ1n) is 13.9. The number of nitrogens with zero attached hydrogens (tertiary/aromatic N) is 4. The molecule has 0 radical (unpaired) electrons. The molecule has 2 saturated heterocycles. The van der Waals surface area contributed by atoms with Crippen molar-refractivity contribution in [2.75, 3.05) is 53.0 Å². The van der Waals surface area contributed by atoms with Crippen molar-refractivity contribution in [3.8, 4) is 6.07 Å². The highest BCUT2D eigenvalue weighted by Crippen LogP contribution is 2.35. The van der Waals surface area contributed by atoms with Gasteiger partial charge in [-0.25, -0.2) is 9.79 Å². The molecule has 2 heterocycles. The van der Waals surface area contributed by atoms with Crippen LogP contribution in [0.1, 0.15) is 72.1 Å². The van der Waals surface area contributed by atoms with Crippen LogP contribution in [0.25, 0.3) is 0 Å². The Bertz CT molecular complexity index is 836. The highest BCUT2D eigenvalue weighted by atomic mass is 16.5. The molecule has 0 aromatic carbocycles. The monoisotopic (exact) mass is 518 g/mol. The van der Waals surface area contributed by atoms with Crippen molar-refractivity contribution in [2.45, 2.75) is 83.7 Å². The summed E-state index contributed by atoms with van der Waals surface area (Å²) in [6.07, 6.45) is 6.14. The molecule has 37 heavy (non-hydrogen) atoms. The van der Waals surface area contributed by atoms with E-state index in [1.165, 1.54) is 0 Å². The van der Waals surface area contributed by atoms with Gasteiger partial charge in [-0.2, -0.15) is 5.26 Å². The number of carbonyl (C=O) groups is 2. The normalized spacial score (nSPS) is 21.6. The standard InChI is InChI=1S/C27H46N6O4/c1-5-26(2,3)10-6-22(23(34)31-27(20-28)11-12-27)29-24(33-15-18-36-19-16-33)30-25(35)37-17-9-21-7-13-32(4)14-8-21/h21-22H,5-19H2,1-4H3,(H,31,34)(H,29,30,35)/t22-/m0/s1. The van der Waals surface area contributed by atoms with E-state index >= 15 is 0 Å². The van der Waals surface area contributed by atoms with Crippen molar-refractivity contribution < 1.29 is 19.1 Å². The summed E-state index contributed by atoms with van der Waals surface area (Å²) < 4.78 is 11.0. The topological polar surface area (TPSA) is 119 Å². The Labute approximate surface area is 222 Å². The van der Waals surface area contributed by atoms with Crippen LogP contribution >= 0.6 is 0 Å². The summed E-state index contributed by atoms with van der Waals surface area (Å²) in [6.45, 7) is 11.2. The fraction of sp³-hybridized carbons (Fsp3) is 0.852. The van der Waals surface area contributed by atoms with E-state index in [-0.39, 0.29) is 11.3 Å². The van der Waals surface area contributed by atoms with Crippen molar-refractivity contribution in [1.82, 2.24) is 20.4 Å². The number of ether oxygens (including phenoxy) is 2. The van der Waals surface area contributed by atoms with E-state index in [1.807, 2.05) is 4.90 Å². The molecule has 10 nitrogen and oxygen atoms in total. The minimum atomic E-state index is -0.773. The fourth-order valence-electron chi connectivity index (χ4n) is 4.58. The van der Waals surface area contributed by atoms with E-state index in [4.69, 9.17) is 14.5 Å². The Hall–Kier alpha value is -2.38. The Morgan fingerprint density at radius 1 is 1.22 bits per heavy atom. The van der Waals surface area contributed by atoms with Gasteiger partial charge in [0.15, 0.2) is 0 Å². The molecule has 3 fully saturated rings. The second-order valence-corrected chi connectivity index (χ2v) is 11.6. The number of nitriles is 1. The molecule has 208 valence electrons. The summed E-state index contributed by atoms with van der Waals surface area (Å²) in [5.41, 5.74) is -0.718. The summed E-state index contributed by atoms with van der Waals surface area (Å²) in [7, 11) is 2.13. The van der Waals surface area contributed by atoms with Gasteiger partial charge in [-0.15, -0.1) is 0 Å². The van der Waals surface area contributed by atoms with Gasteiger partial charge in [0.1, 0.15) is 11.6 Å². The number of nitrogens with one attached hydrogen (secondary N) is 2. The summed E-state index contributed by atoms with van der Waals surface area (Å²) in [5, 5.41) is 15.2. The second-order valence-electron chi connectivity index (χ2n) is 11.6. The molecule has 0 aromatic rings. The molecule has 1 saturated carbocycles. The first-order valence-corrected chi connectivity index (χ1v) is 13.9.